The van der Waals surface area contributed by atoms with Crippen LogP contribution in [-0.4, -0.2) is 31.0 Å². The van der Waals surface area contributed by atoms with Crippen LogP contribution in [0.15, 0.2) is 47.1 Å². The van der Waals surface area contributed by atoms with E-state index >= 15 is 0 Å². The van der Waals surface area contributed by atoms with Gasteiger partial charge in [-0.15, -0.1) is 0 Å². The molecule has 0 aromatic heterocycles. The van der Waals surface area contributed by atoms with Crippen LogP contribution in [-0.2, 0) is 4.79 Å². The molecule has 8 heteroatoms. The van der Waals surface area contributed by atoms with E-state index in [1.165, 1.54) is 42.0 Å². The summed E-state index contributed by atoms with van der Waals surface area (Å²) in [5.41, 5.74) is 1.37. The summed E-state index contributed by atoms with van der Waals surface area (Å²) >= 11 is 7.38. The highest BCUT2D eigenvalue weighted by atomic mass is 35.5. The van der Waals surface area contributed by atoms with Crippen LogP contribution in [0.3, 0.4) is 0 Å². The summed E-state index contributed by atoms with van der Waals surface area (Å²) in [6.07, 6.45) is 2.57. The standard InChI is InChI=1S/C21H20ClFN2O3S/c1-4-10-29-21-24-17(11-13-6-5-7-18(27-2)19(13)28-3)20(26)25(21)14-8-9-16(23)15(22)12-14/h5-9,11-12H,4,10H2,1-3H3/b17-11+. The van der Waals surface area contributed by atoms with Crippen LogP contribution >= 0.6 is 23.4 Å². The minimum Gasteiger partial charge on any atom is -0.493 e. The van der Waals surface area contributed by atoms with Gasteiger partial charge in [0.15, 0.2) is 16.7 Å². The molecule has 0 unspecified atom stereocenters. The average molecular weight is 435 g/mol. The maximum Gasteiger partial charge on any atom is 0.283 e. The largest absolute Gasteiger partial charge is 0.493 e. The van der Waals surface area contributed by atoms with Gasteiger partial charge in [0.2, 0.25) is 0 Å². The zero-order valence-corrected chi connectivity index (χ0v) is 17.8. The van der Waals surface area contributed by atoms with Gasteiger partial charge in [0.1, 0.15) is 11.5 Å². The number of thioether (sulfide) groups is 1. The fourth-order valence-corrected chi connectivity index (χ4v) is 3.85. The molecule has 0 radical (unpaired) electrons. The fraction of sp³-hybridized carbons (Fsp3) is 0.238. The van der Waals surface area contributed by atoms with E-state index < -0.39 is 5.82 Å². The second kappa shape index (κ2) is 9.33. The molecule has 1 aliphatic rings. The number of methoxy groups -OCH3 is 2. The molecule has 5 nitrogen and oxygen atoms in total. The summed E-state index contributed by atoms with van der Waals surface area (Å²) in [6, 6.07) is 9.56. The van der Waals surface area contributed by atoms with Gasteiger partial charge in [-0.05, 0) is 36.8 Å². The number of rotatable bonds is 6. The number of nitrogens with zero attached hydrogens (tertiary/aromatic N) is 2. The minimum absolute atomic E-state index is 0.0537. The molecular formula is C21H20ClFN2O3S. The smallest absolute Gasteiger partial charge is 0.283 e. The first-order valence-corrected chi connectivity index (χ1v) is 10.3. The molecule has 0 fully saturated rings. The van der Waals surface area contributed by atoms with E-state index in [-0.39, 0.29) is 16.6 Å². The van der Waals surface area contributed by atoms with E-state index in [0.29, 0.717) is 27.9 Å². The Kier molecular flexibility index (Phi) is 6.82. The third-order valence-electron chi connectivity index (χ3n) is 4.15. The van der Waals surface area contributed by atoms with Crippen LogP contribution in [0.5, 0.6) is 11.5 Å². The predicted octanol–water partition coefficient (Wildman–Crippen LogP) is 5.38. The molecule has 0 N–H and O–H groups in total. The van der Waals surface area contributed by atoms with Gasteiger partial charge in [-0.3, -0.25) is 9.69 Å². The zero-order chi connectivity index (χ0) is 21.0. The van der Waals surface area contributed by atoms with E-state index in [1.54, 1.807) is 25.3 Å². The van der Waals surface area contributed by atoms with Gasteiger partial charge in [-0.1, -0.05) is 42.4 Å². The van der Waals surface area contributed by atoms with Crippen molar-refractivity contribution in [3.8, 4) is 11.5 Å². The number of amidine groups is 1. The van der Waals surface area contributed by atoms with Gasteiger partial charge < -0.3 is 9.47 Å². The Balaban J connectivity index is 2.05. The first-order chi connectivity index (χ1) is 14.0. The van der Waals surface area contributed by atoms with Crippen molar-refractivity contribution in [1.82, 2.24) is 0 Å². The zero-order valence-electron chi connectivity index (χ0n) is 16.2. The Bertz CT molecular complexity index is 994. The highest BCUT2D eigenvalue weighted by Crippen LogP contribution is 2.35. The molecule has 3 rings (SSSR count). The fourth-order valence-electron chi connectivity index (χ4n) is 2.81. The Hall–Kier alpha value is -2.51. The molecule has 1 heterocycles. The second-order valence-electron chi connectivity index (χ2n) is 6.09. The predicted molar refractivity (Wildman–Crippen MR) is 117 cm³/mol. The third-order valence-corrected chi connectivity index (χ3v) is 5.59. The van der Waals surface area contributed by atoms with Crippen molar-refractivity contribution in [2.75, 3.05) is 24.9 Å². The summed E-state index contributed by atoms with van der Waals surface area (Å²) in [5.74, 6) is 0.984. The number of anilines is 1. The van der Waals surface area contributed by atoms with Crippen molar-refractivity contribution in [1.29, 1.82) is 0 Å². The highest BCUT2D eigenvalue weighted by Gasteiger charge is 2.32. The Morgan fingerprint density at radius 2 is 2.03 bits per heavy atom. The van der Waals surface area contributed by atoms with E-state index in [4.69, 9.17) is 21.1 Å². The summed E-state index contributed by atoms with van der Waals surface area (Å²) in [6.45, 7) is 2.04. The Labute approximate surface area is 178 Å². The Morgan fingerprint density at radius 3 is 2.69 bits per heavy atom. The lowest BCUT2D eigenvalue weighted by atomic mass is 10.1. The van der Waals surface area contributed by atoms with Crippen LogP contribution in [0.4, 0.5) is 10.1 Å². The normalized spacial score (nSPS) is 15.1. The number of hydrogen-bond acceptors (Lipinski definition) is 5. The molecule has 29 heavy (non-hydrogen) atoms. The maximum absolute atomic E-state index is 13.6. The monoisotopic (exact) mass is 434 g/mol. The van der Waals surface area contributed by atoms with Gasteiger partial charge in [0, 0.05) is 11.3 Å². The molecule has 0 bridgehead atoms. The molecule has 0 saturated carbocycles. The first-order valence-electron chi connectivity index (χ1n) is 8.93. The van der Waals surface area contributed by atoms with E-state index in [9.17, 15) is 9.18 Å². The van der Waals surface area contributed by atoms with E-state index in [0.717, 1.165) is 12.2 Å². The van der Waals surface area contributed by atoms with Crippen molar-refractivity contribution >= 4 is 46.2 Å². The molecule has 2 aromatic carbocycles. The van der Waals surface area contributed by atoms with Gasteiger partial charge in [0.05, 0.1) is 24.9 Å². The summed E-state index contributed by atoms with van der Waals surface area (Å²) in [7, 11) is 3.09. The van der Waals surface area contributed by atoms with Gasteiger partial charge in [0.25, 0.3) is 5.91 Å². The molecular weight excluding hydrogens is 415 g/mol. The van der Waals surface area contributed by atoms with E-state index in [2.05, 4.69) is 4.99 Å². The minimum atomic E-state index is -0.543. The highest BCUT2D eigenvalue weighted by molar-refractivity contribution is 8.14. The molecule has 2 aromatic rings. The topological polar surface area (TPSA) is 51.1 Å². The number of amides is 1. The molecule has 0 aliphatic carbocycles. The van der Waals surface area contributed by atoms with Crippen molar-refractivity contribution in [3.05, 3.63) is 58.5 Å². The lowest BCUT2D eigenvalue weighted by Crippen LogP contribution is -2.30. The van der Waals surface area contributed by atoms with Crippen molar-refractivity contribution in [2.45, 2.75) is 13.3 Å². The SMILES string of the molecule is CCCSC1=N/C(=C/c2cccc(OC)c2OC)C(=O)N1c1ccc(F)c(Cl)c1. The molecule has 1 amide bonds. The summed E-state index contributed by atoms with van der Waals surface area (Å²) in [4.78, 5) is 19.1. The quantitative estimate of drug-likeness (QED) is 0.572. The number of ether oxygens (including phenoxy) is 2. The van der Waals surface area contributed by atoms with Crippen LogP contribution in [0.2, 0.25) is 5.02 Å². The van der Waals surface area contributed by atoms with Gasteiger partial charge in [-0.2, -0.15) is 0 Å². The first kappa shape index (κ1) is 21.2. The van der Waals surface area contributed by atoms with Crippen molar-refractivity contribution < 1.29 is 18.7 Å². The molecule has 0 saturated heterocycles. The maximum atomic E-state index is 13.6. The van der Waals surface area contributed by atoms with Crippen LogP contribution in [0, 0.1) is 5.82 Å². The summed E-state index contributed by atoms with van der Waals surface area (Å²) < 4.78 is 24.3. The number of para-hydroxylation sites is 1. The number of carbonyl (C=O) groups is 1. The van der Waals surface area contributed by atoms with Gasteiger partial charge in [-0.25, -0.2) is 9.38 Å². The van der Waals surface area contributed by atoms with Gasteiger partial charge >= 0.3 is 0 Å². The number of carbonyl (C=O) groups excluding carboxylic acids is 1. The third kappa shape index (κ3) is 4.41. The number of benzene rings is 2. The van der Waals surface area contributed by atoms with Crippen LogP contribution in [0.25, 0.3) is 6.08 Å². The van der Waals surface area contributed by atoms with Crippen molar-refractivity contribution in [2.24, 2.45) is 4.99 Å². The lowest BCUT2D eigenvalue weighted by molar-refractivity contribution is -0.113. The van der Waals surface area contributed by atoms with Crippen LogP contribution in [0.1, 0.15) is 18.9 Å². The van der Waals surface area contributed by atoms with E-state index in [1.807, 2.05) is 13.0 Å². The number of aliphatic imine (C=N–C) groups is 1. The van der Waals surface area contributed by atoms with Crippen molar-refractivity contribution in [3.63, 3.8) is 0 Å². The molecule has 1 aliphatic heterocycles. The lowest BCUT2D eigenvalue weighted by Gasteiger charge is -2.18. The average Bonchev–Trinajstić information content (AvgIpc) is 3.03. The summed E-state index contributed by atoms with van der Waals surface area (Å²) in [5, 5.41) is 0.467. The number of halogens is 2. The molecule has 0 atom stereocenters. The molecule has 0 spiro atoms. The number of hydrogen-bond donors (Lipinski definition) is 0. The Morgan fingerprint density at radius 1 is 1.24 bits per heavy atom. The molecule has 152 valence electrons. The van der Waals surface area contributed by atoms with Crippen LogP contribution < -0.4 is 14.4 Å². The second-order valence-corrected chi connectivity index (χ2v) is 7.56.